The molecule has 2 N–H and O–H groups in total. The van der Waals surface area contributed by atoms with Gasteiger partial charge in [0, 0.05) is 6.07 Å². The molecule has 0 saturated carbocycles. The number of benzene rings is 2. The van der Waals surface area contributed by atoms with Crippen LogP contribution in [0.25, 0.3) is 11.0 Å². The molecule has 0 amide bonds. The second-order valence-electron chi connectivity index (χ2n) is 4.42. The third kappa shape index (κ3) is 2.42. The Balaban J connectivity index is 1.76. The largest absolute Gasteiger partial charge is 0.492 e. The van der Waals surface area contributed by atoms with E-state index in [1.807, 2.05) is 34.9 Å². The van der Waals surface area contributed by atoms with E-state index in [1.54, 1.807) is 6.07 Å². The molecule has 102 valence electrons. The van der Waals surface area contributed by atoms with Crippen molar-refractivity contribution in [3.05, 3.63) is 54.3 Å². The van der Waals surface area contributed by atoms with Crippen LogP contribution in [-0.2, 0) is 6.54 Å². The van der Waals surface area contributed by atoms with E-state index in [1.165, 1.54) is 12.1 Å². The maximum atomic E-state index is 13.1. The van der Waals surface area contributed by atoms with Crippen LogP contribution in [0.4, 0.5) is 10.3 Å². The number of para-hydroxylation sites is 1. The van der Waals surface area contributed by atoms with Gasteiger partial charge in [0.05, 0.1) is 17.6 Å². The van der Waals surface area contributed by atoms with Gasteiger partial charge < -0.3 is 15.0 Å². The first kappa shape index (κ1) is 12.5. The zero-order chi connectivity index (χ0) is 13.9. The highest BCUT2D eigenvalue weighted by Crippen LogP contribution is 2.19. The summed E-state index contributed by atoms with van der Waals surface area (Å²) in [4.78, 5) is 4.14. The average molecular weight is 271 g/mol. The Bertz CT molecular complexity index is 725. The molecule has 0 radical (unpaired) electrons. The number of nitrogens with zero attached hydrogens (tertiary/aromatic N) is 2. The molecule has 0 aliphatic rings. The molecule has 0 fully saturated rings. The Kier molecular flexibility index (Phi) is 3.25. The SMILES string of the molecule is Nc1nc2cc(F)ccc2n1CCOc1ccccc1. The molecule has 20 heavy (non-hydrogen) atoms. The highest BCUT2D eigenvalue weighted by Gasteiger charge is 2.08. The average Bonchev–Trinajstić information content (AvgIpc) is 2.75. The van der Waals surface area contributed by atoms with Gasteiger partial charge in [-0.3, -0.25) is 0 Å². The van der Waals surface area contributed by atoms with Gasteiger partial charge in [-0.2, -0.15) is 0 Å². The summed E-state index contributed by atoms with van der Waals surface area (Å²) in [6, 6.07) is 14.0. The fourth-order valence-electron chi connectivity index (χ4n) is 2.13. The molecule has 1 aromatic heterocycles. The Morgan fingerprint density at radius 2 is 1.95 bits per heavy atom. The molecule has 0 bridgehead atoms. The van der Waals surface area contributed by atoms with Crippen molar-refractivity contribution in [2.75, 3.05) is 12.3 Å². The van der Waals surface area contributed by atoms with Crippen molar-refractivity contribution in [2.45, 2.75) is 6.54 Å². The van der Waals surface area contributed by atoms with Crippen molar-refractivity contribution >= 4 is 17.0 Å². The van der Waals surface area contributed by atoms with Gasteiger partial charge in [0.25, 0.3) is 0 Å². The Morgan fingerprint density at radius 1 is 1.15 bits per heavy atom. The highest BCUT2D eigenvalue weighted by molar-refractivity contribution is 5.78. The zero-order valence-corrected chi connectivity index (χ0v) is 10.8. The van der Waals surface area contributed by atoms with Gasteiger partial charge in [-0.25, -0.2) is 9.37 Å². The minimum absolute atomic E-state index is 0.317. The first-order valence-electron chi connectivity index (χ1n) is 6.33. The maximum Gasteiger partial charge on any atom is 0.201 e. The van der Waals surface area contributed by atoms with Crippen molar-refractivity contribution in [1.29, 1.82) is 0 Å². The molecule has 0 saturated heterocycles. The molecule has 0 aliphatic heterocycles. The van der Waals surface area contributed by atoms with Crippen LogP contribution in [0.3, 0.4) is 0 Å². The summed E-state index contributed by atoms with van der Waals surface area (Å²) in [5.41, 5.74) is 7.22. The van der Waals surface area contributed by atoms with Gasteiger partial charge in [0.15, 0.2) is 0 Å². The van der Waals surface area contributed by atoms with Crippen LogP contribution in [-0.4, -0.2) is 16.2 Å². The first-order valence-corrected chi connectivity index (χ1v) is 6.33. The predicted octanol–water partition coefficient (Wildman–Crippen LogP) is 2.84. The normalized spacial score (nSPS) is 10.8. The zero-order valence-electron chi connectivity index (χ0n) is 10.8. The van der Waals surface area contributed by atoms with Gasteiger partial charge in [-0.05, 0) is 24.3 Å². The summed E-state index contributed by atoms with van der Waals surface area (Å²) in [5, 5.41) is 0. The third-order valence-corrected chi connectivity index (χ3v) is 3.07. The van der Waals surface area contributed by atoms with Crippen LogP contribution in [0.2, 0.25) is 0 Å². The van der Waals surface area contributed by atoms with Gasteiger partial charge in [-0.15, -0.1) is 0 Å². The second-order valence-corrected chi connectivity index (χ2v) is 4.42. The quantitative estimate of drug-likeness (QED) is 0.793. The topological polar surface area (TPSA) is 53.1 Å². The lowest BCUT2D eigenvalue weighted by Crippen LogP contribution is -2.10. The number of hydrogen-bond acceptors (Lipinski definition) is 3. The highest BCUT2D eigenvalue weighted by atomic mass is 19.1. The van der Waals surface area contributed by atoms with Crippen LogP contribution >= 0.6 is 0 Å². The molecule has 4 nitrogen and oxygen atoms in total. The number of nitrogen functional groups attached to an aromatic ring is 1. The summed E-state index contributed by atoms with van der Waals surface area (Å²) >= 11 is 0. The summed E-state index contributed by atoms with van der Waals surface area (Å²) in [5.74, 6) is 0.853. The van der Waals surface area contributed by atoms with Crippen LogP contribution in [0.5, 0.6) is 5.75 Å². The van der Waals surface area contributed by atoms with Gasteiger partial charge in [0.2, 0.25) is 5.95 Å². The predicted molar refractivity (Wildman–Crippen MR) is 76.0 cm³/mol. The number of ether oxygens (including phenoxy) is 1. The summed E-state index contributed by atoms with van der Waals surface area (Å²) in [6.45, 7) is 1.03. The van der Waals surface area contributed by atoms with E-state index in [9.17, 15) is 4.39 Å². The molecule has 0 atom stereocenters. The molecule has 1 heterocycles. The Hall–Kier alpha value is -2.56. The monoisotopic (exact) mass is 271 g/mol. The van der Waals surface area contributed by atoms with Crippen molar-refractivity contribution in [1.82, 2.24) is 9.55 Å². The van der Waals surface area contributed by atoms with E-state index in [0.29, 0.717) is 24.6 Å². The Labute approximate surface area is 115 Å². The molecule has 2 aromatic carbocycles. The maximum absolute atomic E-state index is 13.1. The molecule has 3 rings (SSSR count). The van der Waals surface area contributed by atoms with E-state index in [4.69, 9.17) is 10.5 Å². The third-order valence-electron chi connectivity index (χ3n) is 3.07. The smallest absolute Gasteiger partial charge is 0.201 e. The van der Waals surface area contributed by atoms with E-state index >= 15 is 0 Å². The van der Waals surface area contributed by atoms with Crippen molar-refractivity contribution in [3.8, 4) is 5.75 Å². The van der Waals surface area contributed by atoms with Crippen molar-refractivity contribution < 1.29 is 9.13 Å². The van der Waals surface area contributed by atoms with E-state index in [0.717, 1.165) is 11.3 Å². The number of hydrogen-bond donors (Lipinski definition) is 1. The number of halogens is 1. The number of aromatic nitrogens is 2. The Morgan fingerprint density at radius 3 is 2.75 bits per heavy atom. The van der Waals surface area contributed by atoms with Crippen molar-refractivity contribution in [3.63, 3.8) is 0 Å². The number of nitrogens with two attached hydrogens (primary N) is 1. The fraction of sp³-hybridized carbons (Fsp3) is 0.133. The minimum atomic E-state index is -0.317. The lowest BCUT2D eigenvalue weighted by molar-refractivity contribution is 0.301. The van der Waals surface area contributed by atoms with Crippen LogP contribution in [0.15, 0.2) is 48.5 Å². The van der Waals surface area contributed by atoms with Crippen LogP contribution in [0, 0.1) is 5.82 Å². The molecule has 0 aliphatic carbocycles. The van der Waals surface area contributed by atoms with E-state index in [2.05, 4.69) is 4.98 Å². The number of anilines is 1. The molecular formula is C15H14FN3O. The molecule has 3 aromatic rings. The number of fused-ring (bicyclic) bond motifs is 1. The van der Waals surface area contributed by atoms with Gasteiger partial charge in [-0.1, -0.05) is 18.2 Å². The standard InChI is InChI=1S/C15H14FN3O/c16-11-6-7-14-13(10-11)18-15(17)19(14)8-9-20-12-4-2-1-3-5-12/h1-7,10H,8-9H2,(H2,17,18). The number of rotatable bonds is 4. The molecule has 0 spiro atoms. The van der Waals surface area contributed by atoms with Gasteiger partial charge in [0.1, 0.15) is 18.2 Å². The fourth-order valence-corrected chi connectivity index (χ4v) is 2.13. The van der Waals surface area contributed by atoms with Gasteiger partial charge >= 0.3 is 0 Å². The lowest BCUT2D eigenvalue weighted by Gasteiger charge is -2.08. The van der Waals surface area contributed by atoms with E-state index < -0.39 is 0 Å². The first-order chi connectivity index (χ1) is 9.74. The molecule has 0 unspecified atom stereocenters. The van der Waals surface area contributed by atoms with Crippen LogP contribution < -0.4 is 10.5 Å². The lowest BCUT2D eigenvalue weighted by atomic mass is 10.3. The summed E-state index contributed by atoms with van der Waals surface area (Å²) in [6.07, 6.45) is 0. The molecule has 5 heteroatoms. The summed E-state index contributed by atoms with van der Waals surface area (Å²) < 4.78 is 20.6. The number of imidazole rings is 1. The van der Waals surface area contributed by atoms with E-state index in [-0.39, 0.29) is 5.82 Å². The van der Waals surface area contributed by atoms with Crippen LogP contribution in [0.1, 0.15) is 0 Å². The molecular weight excluding hydrogens is 257 g/mol. The second kappa shape index (κ2) is 5.21. The van der Waals surface area contributed by atoms with Crippen molar-refractivity contribution in [2.24, 2.45) is 0 Å². The summed E-state index contributed by atoms with van der Waals surface area (Å²) in [7, 11) is 0. The minimum Gasteiger partial charge on any atom is -0.492 e.